The maximum absolute atomic E-state index is 5.48. The van der Waals surface area contributed by atoms with E-state index < -0.39 is 0 Å². The molecule has 0 aliphatic carbocycles. The zero-order chi connectivity index (χ0) is 9.90. The van der Waals surface area contributed by atoms with Crippen LogP contribution in [-0.2, 0) is 13.0 Å². The van der Waals surface area contributed by atoms with E-state index in [0.717, 1.165) is 18.8 Å². The SMILES string of the molecule is CC(C)(C)Cc1nncn1CCN. The minimum atomic E-state index is 0.249. The Kier molecular flexibility index (Phi) is 3.03. The molecule has 2 N–H and O–H groups in total. The summed E-state index contributed by atoms with van der Waals surface area (Å²) in [4.78, 5) is 0. The van der Waals surface area contributed by atoms with E-state index in [4.69, 9.17) is 5.73 Å². The fourth-order valence-corrected chi connectivity index (χ4v) is 1.22. The highest BCUT2D eigenvalue weighted by Crippen LogP contribution is 2.18. The molecule has 0 spiro atoms. The van der Waals surface area contributed by atoms with Gasteiger partial charge in [-0.1, -0.05) is 20.8 Å². The van der Waals surface area contributed by atoms with Crippen molar-refractivity contribution in [1.82, 2.24) is 14.8 Å². The van der Waals surface area contributed by atoms with Crippen molar-refractivity contribution in [2.75, 3.05) is 6.54 Å². The zero-order valence-electron chi connectivity index (χ0n) is 8.62. The molecule has 0 radical (unpaired) electrons. The minimum Gasteiger partial charge on any atom is -0.329 e. The van der Waals surface area contributed by atoms with Gasteiger partial charge >= 0.3 is 0 Å². The van der Waals surface area contributed by atoms with Crippen LogP contribution in [0.1, 0.15) is 26.6 Å². The summed E-state index contributed by atoms with van der Waals surface area (Å²) in [6, 6.07) is 0. The molecule has 0 aliphatic heterocycles. The highest BCUT2D eigenvalue weighted by atomic mass is 15.3. The molecule has 4 heteroatoms. The monoisotopic (exact) mass is 182 g/mol. The molecule has 0 saturated heterocycles. The molecule has 74 valence electrons. The van der Waals surface area contributed by atoms with Gasteiger partial charge in [0.25, 0.3) is 0 Å². The van der Waals surface area contributed by atoms with E-state index in [-0.39, 0.29) is 5.41 Å². The van der Waals surface area contributed by atoms with Crippen LogP contribution in [0, 0.1) is 5.41 Å². The lowest BCUT2D eigenvalue weighted by Gasteiger charge is -2.17. The largest absolute Gasteiger partial charge is 0.329 e. The van der Waals surface area contributed by atoms with Crippen molar-refractivity contribution in [3.8, 4) is 0 Å². The molecule has 0 atom stereocenters. The number of hydrogen-bond donors (Lipinski definition) is 1. The Morgan fingerprint density at radius 3 is 2.69 bits per heavy atom. The molecule has 1 heterocycles. The summed E-state index contributed by atoms with van der Waals surface area (Å²) in [5.41, 5.74) is 5.73. The summed E-state index contributed by atoms with van der Waals surface area (Å²) in [7, 11) is 0. The van der Waals surface area contributed by atoms with Crippen molar-refractivity contribution in [1.29, 1.82) is 0 Å². The molecule has 1 aromatic heterocycles. The molecule has 1 aromatic rings. The van der Waals surface area contributed by atoms with Gasteiger partial charge in [-0.05, 0) is 5.41 Å². The summed E-state index contributed by atoms with van der Waals surface area (Å²) in [5, 5.41) is 7.96. The Bertz CT molecular complexity index is 259. The van der Waals surface area contributed by atoms with Gasteiger partial charge in [-0.3, -0.25) is 0 Å². The fraction of sp³-hybridized carbons (Fsp3) is 0.778. The lowest BCUT2D eigenvalue weighted by Crippen LogP contribution is -2.17. The highest BCUT2D eigenvalue weighted by molar-refractivity contribution is 4.90. The van der Waals surface area contributed by atoms with Crippen molar-refractivity contribution >= 4 is 0 Å². The first-order chi connectivity index (χ1) is 6.03. The molecule has 0 aliphatic rings. The third kappa shape index (κ3) is 3.14. The highest BCUT2D eigenvalue weighted by Gasteiger charge is 2.15. The van der Waals surface area contributed by atoms with Crippen molar-refractivity contribution in [2.45, 2.75) is 33.7 Å². The van der Waals surface area contributed by atoms with Crippen LogP contribution >= 0.6 is 0 Å². The van der Waals surface area contributed by atoms with Crippen LogP contribution in [0.2, 0.25) is 0 Å². The Hall–Kier alpha value is -0.900. The first-order valence-electron chi connectivity index (χ1n) is 4.60. The maximum atomic E-state index is 5.48. The zero-order valence-corrected chi connectivity index (χ0v) is 8.62. The number of aromatic nitrogens is 3. The van der Waals surface area contributed by atoms with Gasteiger partial charge in [0, 0.05) is 19.5 Å². The number of nitrogens with two attached hydrogens (primary N) is 1. The van der Waals surface area contributed by atoms with E-state index in [0.29, 0.717) is 6.54 Å². The second-order valence-corrected chi connectivity index (χ2v) is 4.47. The van der Waals surface area contributed by atoms with Crippen molar-refractivity contribution in [3.05, 3.63) is 12.2 Å². The molecular formula is C9H18N4. The van der Waals surface area contributed by atoms with Crippen LogP contribution in [0.3, 0.4) is 0 Å². The fourth-order valence-electron chi connectivity index (χ4n) is 1.22. The van der Waals surface area contributed by atoms with Crippen molar-refractivity contribution in [3.63, 3.8) is 0 Å². The normalized spacial score (nSPS) is 12.0. The molecule has 1 rings (SSSR count). The molecule has 0 amide bonds. The van der Waals surface area contributed by atoms with Gasteiger partial charge in [-0.2, -0.15) is 0 Å². The number of hydrogen-bond acceptors (Lipinski definition) is 3. The van der Waals surface area contributed by atoms with Crippen LogP contribution in [0.25, 0.3) is 0 Å². The topological polar surface area (TPSA) is 56.7 Å². The average Bonchev–Trinajstić information content (AvgIpc) is 2.34. The lowest BCUT2D eigenvalue weighted by atomic mass is 9.92. The first kappa shape index (κ1) is 10.2. The van der Waals surface area contributed by atoms with Gasteiger partial charge in [0.2, 0.25) is 0 Å². The Balaban J connectivity index is 2.70. The Morgan fingerprint density at radius 1 is 1.46 bits per heavy atom. The van der Waals surface area contributed by atoms with Gasteiger partial charge in [0.05, 0.1) is 0 Å². The van der Waals surface area contributed by atoms with Crippen LogP contribution < -0.4 is 5.73 Å². The van der Waals surface area contributed by atoms with Crippen molar-refractivity contribution in [2.24, 2.45) is 11.1 Å². The maximum Gasteiger partial charge on any atom is 0.133 e. The minimum absolute atomic E-state index is 0.249. The van der Waals surface area contributed by atoms with Gasteiger partial charge in [0.15, 0.2) is 0 Å². The lowest BCUT2D eigenvalue weighted by molar-refractivity contribution is 0.391. The number of nitrogens with zero attached hydrogens (tertiary/aromatic N) is 3. The summed E-state index contributed by atoms with van der Waals surface area (Å²) in [6.07, 6.45) is 2.68. The van der Waals surface area contributed by atoms with Gasteiger partial charge < -0.3 is 10.3 Å². The Labute approximate surface area is 79.2 Å². The molecule has 0 fully saturated rings. The second kappa shape index (κ2) is 3.87. The summed E-state index contributed by atoms with van der Waals surface area (Å²) in [6.45, 7) is 8.00. The summed E-state index contributed by atoms with van der Waals surface area (Å²) in [5.74, 6) is 1.03. The van der Waals surface area contributed by atoms with E-state index in [1.807, 2.05) is 4.57 Å². The third-order valence-corrected chi connectivity index (χ3v) is 1.75. The second-order valence-electron chi connectivity index (χ2n) is 4.47. The van der Waals surface area contributed by atoms with Crippen LogP contribution in [0.4, 0.5) is 0 Å². The van der Waals surface area contributed by atoms with Gasteiger partial charge in [-0.25, -0.2) is 0 Å². The van der Waals surface area contributed by atoms with Gasteiger partial charge in [-0.15, -0.1) is 10.2 Å². The molecule has 13 heavy (non-hydrogen) atoms. The summed E-state index contributed by atoms with van der Waals surface area (Å²) >= 11 is 0. The van der Waals surface area contributed by atoms with E-state index in [1.165, 1.54) is 0 Å². The number of rotatable bonds is 3. The molecule has 0 bridgehead atoms. The predicted octanol–water partition coefficient (Wildman–Crippen LogP) is 0.825. The van der Waals surface area contributed by atoms with Crippen LogP contribution in [-0.4, -0.2) is 21.3 Å². The third-order valence-electron chi connectivity index (χ3n) is 1.75. The quantitative estimate of drug-likeness (QED) is 0.753. The van der Waals surface area contributed by atoms with E-state index in [2.05, 4.69) is 31.0 Å². The summed E-state index contributed by atoms with van der Waals surface area (Å²) < 4.78 is 2.02. The molecule has 0 aromatic carbocycles. The molecule has 0 unspecified atom stereocenters. The average molecular weight is 182 g/mol. The van der Waals surface area contributed by atoms with E-state index in [9.17, 15) is 0 Å². The smallest absolute Gasteiger partial charge is 0.133 e. The Morgan fingerprint density at radius 2 is 2.15 bits per heavy atom. The molecule has 4 nitrogen and oxygen atoms in total. The van der Waals surface area contributed by atoms with Crippen LogP contribution in [0.15, 0.2) is 6.33 Å². The van der Waals surface area contributed by atoms with Crippen molar-refractivity contribution < 1.29 is 0 Å². The van der Waals surface area contributed by atoms with E-state index >= 15 is 0 Å². The van der Waals surface area contributed by atoms with Crippen LogP contribution in [0.5, 0.6) is 0 Å². The van der Waals surface area contributed by atoms with E-state index in [1.54, 1.807) is 6.33 Å². The molecular weight excluding hydrogens is 164 g/mol. The van der Waals surface area contributed by atoms with Gasteiger partial charge in [0.1, 0.15) is 12.2 Å². The predicted molar refractivity (Wildman–Crippen MR) is 52.2 cm³/mol. The first-order valence-corrected chi connectivity index (χ1v) is 4.60. The standard InChI is InChI=1S/C9H18N4/c1-9(2,3)6-8-12-11-7-13(8)5-4-10/h7H,4-6,10H2,1-3H3. The molecule has 0 saturated carbocycles.